The van der Waals surface area contributed by atoms with Gasteiger partial charge >= 0.3 is 0 Å². The first kappa shape index (κ1) is 17.2. The van der Waals surface area contributed by atoms with Crippen LogP contribution in [0.25, 0.3) is 0 Å². The van der Waals surface area contributed by atoms with Gasteiger partial charge in [0.25, 0.3) is 0 Å². The Balaban J connectivity index is -0.000000138. The first-order valence-corrected chi connectivity index (χ1v) is 4.99. The molecule has 72 valence electrons. The summed E-state index contributed by atoms with van der Waals surface area (Å²) in [5.41, 5.74) is 0. The predicted octanol–water partition coefficient (Wildman–Crippen LogP) is 3.40. The quantitative estimate of drug-likeness (QED) is 0.613. The molecule has 0 aliphatic carbocycles. The lowest BCUT2D eigenvalue weighted by molar-refractivity contribution is 0.353. The van der Waals surface area contributed by atoms with Gasteiger partial charge in [-0.05, 0) is 26.6 Å². The molecule has 0 heterocycles. The third kappa shape index (κ3) is 25.7. The van der Waals surface area contributed by atoms with Gasteiger partial charge in [0.1, 0.15) is 0 Å². The van der Waals surface area contributed by atoms with Crippen molar-refractivity contribution < 1.29 is 0 Å². The Bertz CT molecular complexity index is 35.9. The summed E-state index contributed by atoms with van der Waals surface area (Å²) in [5.74, 6) is 0. The van der Waals surface area contributed by atoms with E-state index < -0.39 is 0 Å². The molecule has 0 aliphatic heterocycles. The first-order chi connectivity index (χ1) is 5.31. The second-order valence-corrected chi connectivity index (χ2v) is 1.90. The molecule has 0 fully saturated rings. The molecule has 0 saturated carbocycles. The van der Waals surface area contributed by atoms with E-state index in [9.17, 15) is 0 Å². The molecule has 0 amide bonds. The highest BCUT2D eigenvalue weighted by atomic mass is 15.1. The molecule has 0 unspecified atom stereocenters. The molecule has 0 N–H and O–H groups in total. The van der Waals surface area contributed by atoms with E-state index in [-0.39, 0.29) is 0 Å². The molecule has 0 spiro atoms. The molecule has 0 bridgehead atoms. The van der Waals surface area contributed by atoms with Gasteiger partial charge in [-0.3, -0.25) is 0 Å². The summed E-state index contributed by atoms with van der Waals surface area (Å²) >= 11 is 0. The lowest BCUT2D eigenvalue weighted by atomic mass is 10.4. The summed E-state index contributed by atoms with van der Waals surface area (Å²) in [6.07, 6.45) is 1.27. The maximum atomic E-state index is 2.31. The number of nitrogens with zero attached hydrogens (tertiary/aromatic N) is 1. The molecule has 0 aromatic carbocycles. The van der Waals surface area contributed by atoms with Crippen molar-refractivity contribution in [3.05, 3.63) is 0 Å². The summed E-state index contributed by atoms with van der Waals surface area (Å²) in [6, 6.07) is 0. The van der Waals surface area contributed by atoms with Crippen LogP contribution in [0, 0.1) is 0 Å². The van der Waals surface area contributed by atoms with Gasteiger partial charge in [-0.25, -0.2) is 0 Å². The maximum Gasteiger partial charge on any atom is -0.00245 e. The molecular formula is C10H27N. The smallest absolute Gasteiger partial charge is 0.00245 e. The van der Waals surface area contributed by atoms with E-state index in [2.05, 4.69) is 25.8 Å². The van der Waals surface area contributed by atoms with Crippen LogP contribution in [-0.2, 0) is 0 Å². The molecule has 0 aromatic heterocycles. The minimum absolute atomic E-state index is 1.17. The van der Waals surface area contributed by atoms with Crippen LogP contribution >= 0.6 is 0 Å². The van der Waals surface area contributed by atoms with Crippen LogP contribution in [0.4, 0.5) is 0 Å². The van der Waals surface area contributed by atoms with E-state index in [0.717, 1.165) is 0 Å². The van der Waals surface area contributed by atoms with Crippen LogP contribution in [0.15, 0.2) is 0 Å². The van der Waals surface area contributed by atoms with Crippen LogP contribution in [0.2, 0.25) is 0 Å². The summed E-state index contributed by atoms with van der Waals surface area (Å²) < 4.78 is 0. The summed E-state index contributed by atoms with van der Waals surface area (Å²) in [4.78, 5) is 2.31. The Morgan fingerprint density at radius 2 is 1.27 bits per heavy atom. The first-order valence-electron chi connectivity index (χ1n) is 4.99. The Morgan fingerprint density at radius 1 is 0.909 bits per heavy atom. The largest absolute Gasteiger partial charge is 0.307 e. The Kier molecular flexibility index (Phi) is 35.1. The molecule has 0 radical (unpaired) electrons. The normalized spacial score (nSPS) is 7.64. The molecule has 0 aliphatic rings. The van der Waals surface area contributed by atoms with Gasteiger partial charge in [-0.2, -0.15) is 0 Å². The van der Waals surface area contributed by atoms with Crippen molar-refractivity contribution in [2.75, 3.05) is 20.1 Å². The van der Waals surface area contributed by atoms with Crippen LogP contribution in [0.5, 0.6) is 0 Å². The van der Waals surface area contributed by atoms with Gasteiger partial charge in [0.15, 0.2) is 0 Å². The summed E-state index contributed by atoms with van der Waals surface area (Å²) in [6.45, 7) is 14.8. The zero-order valence-electron chi connectivity index (χ0n) is 9.57. The Morgan fingerprint density at radius 3 is 1.36 bits per heavy atom. The van der Waals surface area contributed by atoms with Gasteiger partial charge in [-0.15, -0.1) is 0 Å². The molecule has 0 rings (SSSR count). The second kappa shape index (κ2) is 22.5. The SMILES string of the molecule is CC.CC.CCCN(C)CC. The molecule has 1 heteroatoms. The fourth-order valence-corrected chi connectivity index (χ4v) is 0.540. The van der Waals surface area contributed by atoms with Gasteiger partial charge in [0.2, 0.25) is 0 Å². The highest BCUT2D eigenvalue weighted by Crippen LogP contribution is 1.82. The monoisotopic (exact) mass is 161 g/mol. The Labute approximate surface area is 73.8 Å². The number of hydrogen-bond acceptors (Lipinski definition) is 1. The van der Waals surface area contributed by atoms with Crippen LogP contribution < -0.4 is 0 Å². The lowest BCUT2D eigenvalue weighted by Crippen LogP contribution is -2.17. The zero-order valence-corrected chi connectivity index (χ0v) is 9.57. The van der Waals surface area contributed by atoms with Gasteiger partial charge in [-0.1, -0.05) is 41.5 Å². The van der Waals surface area contributed by atoms with Crippen molar-refractivity contribution in [1.82, 2.24) is 4.90 Å². The minimum atomic E-state index is 1.17. The standard InChI is InChI=1S/C6H15N.2C2H6/c1-4-6-7(3)5-2;2*1-2/h4-6H2,1-3H3;2*1-2H3. The Hall–Kier alpha value is -0.0400. The predicted molar refractivity (Wildman–Crippen MR) is 56.2 cm³/mol. The fourth-order valence-electron chi connectivity index (χ4n) is 0.540. The lowest BCUT2D eigenvalue weighted by Gasteiger charge is -2.10. The molecule has 0 aromatic rings. The average molecular weight is 161 g/mol. The van der Waals surface area contributed by atoms with E-state index in [1.54, 1.807) is 0 Å². The van der Waals surface area contributed by atoms with E-state index in [4.69, 9.17) is 0 Å². The molecule has 11 heavy (non-hydrogen) atoms. The van der Waals surface area contributed by atoms with Gasteiger partial charge < -0.3 is 4.90 Å². The number of hydrogen-bond donors (Lipinski definition) is 0. The second-order valence-electron chi connectivity index (χ2n) is 1.90. The third-order valence-electron chi connectivity index (χ3n) is 1.15. The fraction of sp³-hybridized carbons (Fsp3) is 1.00. The van der Waals surface area contributed by atoms with Crippen LogP contribution in [-0.4, -0.2) is 25.0 Å². The van der Waals surface area contributed by atoms with Crippen LogP contribution in [0.3, 0.4) is 0 Å². The molecular weight excluding hydrogens is 134 g/mol. The van der Waals surface area contributed by atoms with E-state index in [0.29, 0.717) is 0 Å². The molecule has 0 saturated heterocycles. The van der Waals surface area contributed by atoms with Crippen molar-refractivity contribution in [2.24, 2.45) is 0 Å². The van der Waals surface area contributed by atoms with Crippen molar-refractivity contribution in [3.63, 3.8) is 0 Å². The van der Waals surface area contributed by atoms with Crippen molar-refractivity contribution >= 4 is 0 Å². The van der Waals surface area contributed by atoms with Crippen molar-refractivity contribution in [2.45, 2.75) is 48.0 Å². The van der Waals surface area contributed by atoms with E-state index >= 15 is 0 Å². The zero-order chi connectivity index (χ0) is 9.70. The summed E-state index contributed by atoms with van der Waals surface area (Å²) in [5, 5.41) is 0. The minimum Gasteiger partial charge on any atom is -0.307 e. The maximum absolute atomic E-state index is 2.31. The van der Waals surface area contributed by atoms with Crippen LogP contribution in [0.1, 0.15) is 48.0 Å². The third-order valence-corrected chi connectivity index (χ3v) is 1.15. The van der Waals surface area contributed by atoms with Crippen molar-refractivity contribution in [3.8, 4) is 0 Å². The molecule has 0 atom stereocenters. The summed E-state index contributed by atoms with van der Waals surface area (Å²) in [7, 11) is 2.14. The van der Waals surface area contributed by atoms with E-state index in [1.807, 2.05) is 27.7 Å². The van der Waals surface area contributed by atoms with Gasteiger partial charge in [0.05, 0.1) is 0 Å². The average Bonchev–Trinajstić information content (AvgIpc) is 2.12. The molecule has 1 nitrogen and oxygen atoms in total. The number of rotatable bonds is 3. The van der Waals surface area contributed by atoms with E-state index in [1.165, 1.54) is 19.5 Å². The highest BCUT2D eigenvalue weighted by Gasteiger charge is 1.86. The van der Waals surface area contributed by atoms with Crippen molar-refractivity contribution in [1.29, 1.82) is 0 Å². The topological polar surface area (TPSA) is 3.24 Å². The van der Waals surface area contributed by atoms with Gasteiger partial charge in [0, 0.05) is 0 Å². The highest BCUT2D eigenvalue weighted by molar-refractivity contribution is 4.41.